The van der Waals surface area contributed by atoms with Gasteiger partial charge >= 0.3 is 0 Å². The van der Waals surface area contributed by atoms with E-state index in [1.165, 1.54) is 4.88 Å². The van der Waals surface area contributed by atoms with Crippen LogP contribution < -0.4 is 5.73 Å². The van der Waals surface area contributed by atoms with Crippen molar-refractivity contribution in [2.45, 2.75) is 33.2 Å². The minimum Gasteiger partial charge on any atom is -0.323 e. The van der Waals surface area contributed by atoms with Crippen LogP contribution >= 0.6 is 11.3 Å². The van der Waals surface area contributed by atoms with Crippen molar-refractivity contribution in [3.8, 4) is 0 Å². The molecule has 1 heterocycles. The van der Waals surface area contributed by atoms with Crippen LogP contribution in [0, 0.1) is 5.41 Å². The van der Waals surface area contributed by atoms with Gasteiger partial charge in [-0.1, -0.05) is 26.8 Å². The van der Waals surface area contributed by atoms with Crippen molar-refractivity contribution in [2.24, 2.45) is 11.1 Å². The Bertz CT molecular complexity index is 220. The van der Waals surface area contributed by atoms with Crippen LogP contribution in [0.1, 0.15) is 38.1 Å². The maximum absolute atomic E-state index is 6.04. The molecule has 0 spiro atoms. The van der Waals surface area contributed by atoms with E-state index in [0.717, 1.165) is 6.42 Å². The van der Waals surface area contributed by atoms with Crippen LogP contribution in [0.3, 0.4) is 0 Å². The highest BCUT2D eigenvalue weighted by Gasteiger charge is 2.17. The first-order chi connectivity index (χ1) is 5.49. The molecule has 0 fully saturated rings. The first kappa shape index (κ1) is 9.75. The van der Waals surface area contributed by atoms with E-state index in [4.69, 9.17) is 5.73 Å². The van der Waals surface area contributed by atoms with Crippen molar-refractivity contribution in [3.63, 3.8) is 0 Å². The van der Waals surface area contributed by atoms with E-state index in [-0.39, 0.29) is 6.04 Å². The summed E-state index contributed by atoms with van der Waals surface area (Å²) in [6.45, 7) is 6.67. The highest BCUT2D eigenvalue weighted by Crippen LogP contribution is 2.29. The summed E-state index contributed by atoms with van der Waals surface area (Å²) in [6.07, 6.45) is 1.05. The number of rotatable bonds is 2. The van der Waals surface area contributed by atoms with E-state index in [1.54, 1.807) is 11.3 Å². The molecule has 0 amide bonds. The summed E-state index contributed by atoms with van der Waals surface area (Å²) in [5.41, 5.74) is 6.36. The van der Waals surface area contributed by atoms with Crippen LogP contribution in [-0.2, 0) is 0 Å². The largest absolute Gasteiger partial charge is 0.323 e. The molecule has 1 aromatic rings. The molecule has 2 N–H and O–H groups in total. The SMILES string of the molecule is CC(C)(C)C[C@H](N)c1cccs1. The highest BCUT2D eigenvalue weighted by molar-refractivity contribution is 7.10. The summed E-state index contributed by atoms with van der Waals surface area (Å²) in [6, 6.07) is 4.38. The van der Waals surface area contributed by atoms with Gasteiger partial charge in [0.2, 0.25) is 0 Å². The monoisotopic (exact) mass is 183 g/mol. The van der Waals surface area contributed by atoms with Crippen molar-refractivity contribution in [1.29, 1.82) is 0 Å². The highest BCUT2D eigenvalue weighted by atomic mass is 32.1. The van der Waals surface area contributed by atoms with Crippen LogP contribution in [0.25, 0.3) is 0 Å². The summed E-state index contributed by atoms with van der Waals surface area (Å²) in [5.74, 6) is 0. The molecule has 0 saturated heterocycles. The lowest BCUT2D eigenvalue weighted by Gasteiger charge is -2.22. The van der Waals surface area contributed by atoms with Crippen LogP contribution in [-0.4, -0.2) is 0 Å². The van der Waals surface area contributed by atoms with Crippen molar-refractivity contribution < 1.29 is 0 Å². The zero-order valence-corrected chi connectivity index (χ0v) is 8.82. The van der Waals surface area contributed by atoms with E-state index < -0.39 is 0 Å². The minimum absolute atomic E-state index is 0.213. The molecule has 0 bridgehead atoms. The zero-order chi connectivity index (χ0) is 9.19. The van der Waals surface area contributed by atoms with E-state index in [0.29, 0.717) is 5.41 Å². The number of hydrogen-bond acceptors (Lipinski definition) is 2. The lowest BCUT2D eigenvalue weighted by molar-refractivity contribution is 0.345. The molecule has 0 aromatic carbocycles. The van der Waals surface area contributed by atoms with Gasteiger partial charge in [0.15, 0.2) is 0 Å². The maximum atomic E-state index is 6.04. The van der Waals surface area contributed by atoms with Gasteiger partial charge < -0.3 is 5.73 Å². The Balaban J connectivity index is 2.56. The fraction of sp³-hybridized carbons (Fsp3) is 0.600. The van der Waals surface area contributed by atoms with E-state index >= 15 is 0 Å². The van der Waals surface area contributed by atoms with Crippen molar-refractivity contribution >= 4 is 11.3 Å². The van der Waals surface area contributed by atoms with Gasteiger partial charge in [-0.2, -0.15) is 0 Å². The van der Waals surface area contributed by atoms with Gasteiger partial charge in [0.05, 0.1) is 0 Å². The lowest BCUT2D eigenvalue weighted by Crippen LogP contribution is -2.17. The number of hydrogen-bond donors (Lipinski definition) is 1. The molecule has 0 radical (unpaired) electrons. The van der Waals surface area contributed by atoms with Crippen molar-refractivity contribution in [3.05, 3.63) is 22.4 Å². The quantitative estimate of drug-likeness (QED) is 0.748. The molecule has 0 aliphatic carbocycles. The van der Waals surface area contributed by atoms with Crippen molar-refractivity contribution in [2.75, 3.05) is 0 Å². The molecule has 0 aliphatic heterocycles. The first-order valence-electron chi connectivity index (χ1n) is 4.28. The Morgan fingerprint density at radius 2 is 2.17 bits per heavy atom. The molecule has 1 rings (SSSR count). The Hall–Kier alpha value is -0.340. The second-order valence-electron chi connectivity index (χ2n) is 4.39. The molecule has 0 unspecified atom stereocenters. The number of thiophene rings is 1. The van der Waals surface area contributed by atoms with Gasteiger partial charge in [-0.3, -0.25) is 0 Å². The molecule has 1 nitrogen and oxygen atoms in total. The standard InChI is InChI=1S/C10H17NS/c1-10(2,3)7-8(11)9-5-4-6-12-9/h4-6,8H,7,11H2,1-3H3/t8-/m0/s1. The van der Waals surface area contributed by atoms with Crippen LogP contribution in [0.5, 0.6) is 0 Å². The predicted molar refractivity (Wildman–Crippen MR) is 55.3 cm³/mol. The van der Waals surface area contributed by atoms with Gasteiger partial charge in [0.1, 0.15) is 0 Å². The zero-order valence-electron chi connectivity index (χ0n) is 8.00. The average molecular weight is 183 g/mol. The Labute approximate surface area is 78.6 Å². The third-order valence-corrected chi connectivity index (χ3v) is 2.75. The molecular weight excluding hydrogens is 166 g/mol. The third-order valence-electron chi connectivity index (χ3n) is 1.74. The summed E-state index contributed by atoms with van der Waals surface area (Å²) in [5, 5.41) is 2.08. The lowest BCUT2D eigenvalue weighted by atomic mass is 9.88. The summed E-state index contributed by atoms with van der Waals surface area (Å²) in [7, 11) is 0. The molecule has 2 heteroatoms. The second-order valence-corrected chi connectivity index (χ2v) is 5.37. The molecular formula is C10H17NS. The van der Waals surface area contributed by atoms with Crippen LogP contribution in [0.15, 0.2) is 17.5 Å². The van der Waals surface area contributed by atoms with Crippen molar-refractivity contribution in [1.82, 2.24) is 0 Å². The molecule has 0 aliphatic rings. The predicted octanol–water partition coefficient (Wildman–Crippen LogP) is 3.18. The molecule has 1 aromatic heterocycles. The van der Waals surface area contributed by atoms with E-state index in [1.807, 2.05) is 0 Å². The first-order valence-corrected chi connectivity index (χ1v) is 5.16. The fourth-order valence-electron chi connectivity index (χ4n) is 1.26. The fourth-order valence-corrected chi connectivity index (χ4v) is 1.99. The van der Waals surface area contributed by atoms with E-state index in [9.17, 15) is 0 Å². The van der Waals surface area contributed by atoms with Crippen LogP contribution in [0.2, 0.25) is 0 Å². The van der Waals surface area contributed by atoms with Gasteiger partial charge in [0.25, 0.3) is 0 Å². The summed E-state index contributed by atoms with van der Waals surface area (Å²) in [4.78, 5) is 1.30. The van der Waals surface area contributed by atoms with Gasteiger partial charge in [-0.15, -0.1) is 11.3 Å². The normalized spacial score (nSPS) is 14.7. The third kappa shape index (κ3) is 2.95. The number of nitrogens with two attached hydrogens (primary N) is 1. The Morgan fingerprint density at radius 1 is 1.50 bits per heavy atom. The van der Waals surface area contributed by atoms with Gasteiger partial charge in [-0.05, 0) is 23.3 Å². The molecule has 68 valence electrons. The minimum atomic E-state index is 0.213. The van der Waals surface area contributed by atoms with Gasteiger partial charge in [-0.25, -0.2) is 0 Å². The maximum Gasteiger partial charge on any atom is 0.0394 e. The van der Waals surface area contributed by atoms with Gasteiger partial charge in [0, 0.05) is 10.9 Å². The van der Waals surface area contributed by atoms with E-state index in [2.05, 4.69) is 38.3 Å². The molecule has 0 saturated carbocycles. The summed E-state index contributed by atoms with van der Waals surface area (Å²) < 4.78 is 0. The summed E-state index contributed by atoms with van der Waals surface area (Å²) >= 11 is 1.75. The topological polar surface area (TPSA) is 26.0 Å². The smallest absolute Gasteiger partial charge is 0.0394 e. The average Bonchev–Trinajstić information content (AvgIpc) is 2.32. The van der Waals surface area contributed by atoms with Crippen LogP contribution in [0.4, 0.5) is 0 Å². The molecule has 1 atom stereocenters. The Kier molecular flexibility index (Phi) is 2.91. The second kappa shape index (κ2) is 3.58. The Morgan fingerprint density at radius 3 is 2.58 bits per heavy atom. The molecule has 12 heavy (non-hydrogen) atoms.